The SMILES string of the molecule is CC=CCCC1=CCC(C2CCC(C=CCCc3ccc(OCC)c(F)c3F)CC2)CC1. The van der Waals surface area contributed by atoms with E-state index in [4.69, 9.17) is 4.74 Å². The van der Waals surface area contributed by atoms with Crippen LogP contribution in [0.5, 0.6) is 5.75 Å². The molecule has 1 nitrogen and oxygen atoms in total. The highest BCUT2D eigenvalue weighted by Gasteiger charge is 2.27. The van der Waals surface area contributed by atoms with Crippen molar-refractivity contribution in [1.82, 2.24) is 0 Å². The van der Waals surface area contributed by atoms with Crippen molar-refractivity contribution in [3.63, 3.8) is 0 Å². The van der Waals surface area contributed by atoms with Gasteiger partial charge in [-0.2, -0.15) is 4.39 Å². The minimum Gasteiger partial charge on any atom is -0.491 e. The first-order chi connectivity index (χ1) is 15.6. The summed E-state index contributed by atoms with van der Waals surface area (Å²) < 4.78 is 33.3. The van der Waals surface area contributed by atoms with Gasteiger partial charge in [0.2, 0.25) is 5.82 Å². The molecule has 0 aromatic heterocycles. The second-order valence-corrected chi connectivity index (χ2v) is 9.43. The van der Waals surface area contributed by atoms with Gasteiger partial charge in [-0.1, -0.05) is 42.0 Å². The van der Waals surface area contributed by atoms with Crippen molar-refractivity contribution in [2.75, 3.05) is 6.61 Å². The van der Waals surface area contributed by atoms with Gasteiger partial charge in [-0.3, -0.25) is 0 Å². The molecular formula is C29H40F2O. The smallest absolute Gasteiger partial charge is 0.200 e. The Hall–Kier alpha value is -1.90. The average Bonchev–Trinajstić information content (AvgIpc) is 2.82. The van der Waals surface area contributed by atoms with Gasteiger partial charge in [0.1, 0.15) is 0 Å². The van der Waals surface area contributed by atoms with Crippen LogP contribution in [0.15, 0.2) is 48.1 Å². The predicted molar refractivity (Wildman–Crippen MR) is 130 cm³/mol. The maximum atomic E-state index is 14.2. The first-order valence-electron chi connectivity index (χ1n) is 12.7. The molecule has 2 aliphatic carbocycles. The van der Waals surface area contributed by atoms with E-state index in [0.717, 1.165) is 18.3 Å². The molecule has 0 amide bonds. The van der Waals surface area contributed by atoms with Crippen molar-refractivity contribution in [2.24, 2.45) is 17.8 Å². The Labute approximate surface area is 193 Å². The second kappa shape index (κ2) is 13.0. The van der Waals surface area contributed by atoms with Crippen LogP contribution in [0.4, 0.5) is 8.78 Å². The van der Waals surface area contributed by atoms with Crippen molar-refractivity contribution in [3.05, 3.63) is 65.3 Å². The summed E-state index contributed by atoms with van der Waals surface area (Å²) in [7, 11) is 0. The van der Waals surface area contributed by atoms with Gasteiger partial charge in [-0.25, -0.2) is 4.39 Å². The van der Waals surface area contributed by atoms with Gasteiger partial charge in [0.05, 0.1) is 6.61 Å². The minimum atomic E-state index is -0.867. The highest BCUT2D eigenvalue weighted by Crippen LogP contribution is 2.40. The van der Waals surface area contributed by atoms with Crippen LogP contribution in [-0.2, 0) is 6.42 Å². The first kappa shape index (κ1) is 24.7. The maximum absolute atomic E-state index is 14.2. The van der Waals surface area contributed by atoms with Gasteiger partial charge < -0.3 is 4.74 Å². The Morgan fingerprint density at radius 3 is 2.41 bits per heavy atom. The first-order valence-corrected chi connectivity index (χ1v) is 12.7. The second-order valence-electron chi connectivity index (χ2n) is 9.43. The van der Waals surface area contributed by atoms with Gasteiger partial charge in [-0.15, -0.1) is 0 Å². The summed E-state index contributed by atoms with van der Waals surface area (Å²) in [5.41, 5.74) is 2.09. The molecule has 0 saturated heterocycles. The quantitative estimate of drug-likeness (QED) is 0.329. The molecule has 0 aliphatic heterocycles. The molecule has 32 heavy (non-hydrogen) atoms. The van der Waals surface area contributed by atoms with Crippen LogP contribution in [0.2, 0.25) is 0 Å². The Bertz CT molecular complexity index is 800. The van der Waals surface area contributed by atoms with Crippen molar-refractivity contribution in [2.45, 2.75) is 84.5 Å². The van der Waals surface area contributed by atoms with Crippen molar-refractivity contribution in [3.8, 4) is 5.75 Å². The van der Waals surface area contributed by atoms with Gasteiger partial charge in [0.25, 0.3) is 0 Å². The Morgan fingerprint density at radius 1 is 0.938 bits per heavy atom. The predicted octanol–water partition coefficient (Wildman–Crippen LogP) is 8.74. The Kier molecular flexibility index (Phi) is 10.0. The van der Waals surface area contributed by atoms with E-state index in [2.05, 4.69) is 37.3 Å². The third-order valence-corrected chi connectivity index (χ3v) is 7.31. The Morgan fingerprint density at radius 2 is 1.72 bits per heavy atom. The Balaban J connectivity index is 1.38. The highest BCUT2D eigenvalue weighted by atomic mass is 19.2. The van der Waals surface area contributed by atoms with Crippen LogP contribution >= 0.6 is 0 Å². The van der Waals surface area contributed by atoms with E-state index in [-0.39, 0.29) is 5.75 Å². The van der Waals surface area contributed by atoms with Crippen LogP contribution in [-0.4, -0.2) is 6.61 Å². The van der Waals surface area contributed by atoms with E-state index in [1.165, 1.54) is 63.9 Å². The van der Waals surface area contributed by atoms with Gasteiger partial charge in [0, 0.05) is 0 Å². The summed E-state index contributed by atoms with van der Waals surface area (Å²) in [6.45, 7) is 4.19. The molecule has 1 aromatic carbocycles. The lowest BCUT2D eigenvalue weighted by atomic mass is 9.71. The fourth-order valence-electron chi connectivity index (χ4n) is 5.37. The van der Waals surface area contributed by atoms with Crippen LogP contribution in [0.25, 0.3) is 0 Å². The van der Waals surface area contributed by atoms with E-state index in [0.29, 0.717) is 24.5 Å². The number of allylic oxidation sites excluding steroid dienone is 6. The molecule has 176 valence electrons. The zero-order chi connectivity index (χ0) is 22.8. The lowest BCUT2D eigenvalue weighted by Gasteiger charge is -2.34. The number of benzene rings is 1. The number of hydrogen-bond donors (Lipinski definition) is 0. The molecule has 0 bridgehead atoms. The summed E-state index contributed by atoms with van der Waals surface area (Å²) in [6.07, 6.45) is 24.3. The summed E-state index contributed by atoms with van der Waals surface area (Å²) in [5, 5.41) is 0. The summed E-state index contributed by atoms with van der Waals surface area (Å²) in [5.74, 6) is 0.769. The largest absolute Gasteiger partial charge is 0.491 e. The molecule has 0 radical (unpaired) electrons. The molecule has 3 heteroatoms. The summed E-state index contributed by atoms with van der Waals surface area (Å²) in [4.78, 5) is 0. The fraction of sp³-hybridized carbons (Fsp3) is 0.586. The average molecular weight is 443 g/mol. The standard InChI is InChI=1S/C29H40F2O/c1-3-5-6-9-22-12-16-24(17-13-22)25-18-14-23(15-19-25)10-7-8-11-26-20-21-27(32-4-2)29(31)28(26)30/h3,5,7,10,12,20-21,23-25H,4,6,8-9,11,13-19H2,1-2H3. The van der Waals surface area contributed by atoms with Crippen LogP contribution in [0.3, 0.4) is 0 Å². The van der Waals surface area contributed by atoms with Crippen molar-refractivity contribution >= 4 is 0 Å². The third-order valence-electron chi connectivity index (χ3n) is 7.31. The molecule has 0 N–H and O–H groups in total. The van der Waals surface area contributed by atoms with Crippen LogP contribution < -0.4 is 4.74 Å². The molecule has 0 spiro atoms. The van der Waals surface area contributed by atoms with Crippen LogP contribution in [0.1, 0.15) is 83.6 Å². The zero-order valence-corrected chi connectivity index (χ0v) is 19.9. The number of ether oxygens (including phenoxy) is 1. The number of hydrogen-bond acceptors (Lipinski definition) is 1. The minimum absolute atomic E-state index is 0.000575. The molecule has 1 fully saturated rings. The number of aryl methyl sites for hydroxylation is 1. The molecule has 1 atom stereocenters. The molecule has 1 aromatic rings. The number of rotatable bonds is 10. The molecule has 1 unspecified atom stereocenters. The fourth-order valence-corrected chi connectivity index (χ4v) is 5.37. The van der Waals surface area contributed by atoms with E-state index >= 15 is 0 Å². The van der Waals surface area contributed by atoms with Gasteiger partial charge in [-0.05, 0) is 114 Å². The zero-order valence-electron chi connectivity index (χ0n) is 19.9. The van der Waals surface area contributed by atoms with Gasteiger partial charge >= 0.3 is 0 Å². The highest BCUT2D eigenvalue weighted by molar-refractivity contribution is 5.31. The van der Waals surface area contributed by atoms with E-state index in [1.807, 2.05) is 0 Å². The van der Waals surface area contributed by atoms with Crippen molar-refractivity contribution in [1.29, 1.82) is 0 Å². The molecule has 1 saturated carbocycles. The topological polar surface area (TPSA) is 9.23 Å². The lowest BCUT2D eigenvalue weighted by Crippen LogP contribution is -2.22. The summed E-state index contributed by atoms with van der Waals surface area (Å²) >= 11 is 0. The monoisotopic (exact) mass is 442 g/mol. The van der Waals surface area contributed by atoms with Crippen molar-refractivity contribution < 1.29 is 13.5 Å². The maximum Gasteiger partial charge on any atom is 0.200 e. The van der Waals surface area contributed by atoms with Crippen LogP contribution in [0, 0.1) is 29.4 Å². The normalized spacial score (nSPS) is 24.2. The number of halogens is 2. The summed E-state index contributed by atoms with van der Waals surface area (Å²) in [6, 6.07) is 3.18. The van der Waals surface area contributed by atoms with E-state index in [1.54, 1.807) is 18.6 Å². The van der Waals surface area contributed by atoms with Gasteiger partial charge in [0.15, 0.2) is 11.6 Å². The molecule has 3 rings (SSSR count). The molecule has 2 aliphatic rings. The molecular weight excluding hydrogens is 402 g/mol. The molecule has 0 heterocycles. The third kappa shape index (κ3) is 7.05. The van der Waals surface area contributed by atoms with E-state index < -0.39 is 11.6 Å². The van der Waals surface area contributed by atoms with E-state index in [9.17, 15) is 8.78 Å². The lowest BCUT2D eigenvalue weighted by molar-refractivity contribution is 0.209.